The van der Waals surface area contributed by atoms with Crippen LogP contribution in [0.3, 0.4) is 0 Å². The van der Waals surface area contributed by atoms with Gasteiger partial charge in [-0.1, -0.05) is 12.1 Å². The second-order valence-electron chi connectivity index (χ2n) is 4.89. The summed E-state index contributed by atoms with van der Waals surface area (Å²) in [5, 5.41) is 6.76. The largest absolute Gasteiger partial charge is 0.310 e. The summed E-state index contributed by atoms with van der Waals surface area (Å²) in [6.07, 6.45) is 0. The highest BCUT2D eigenvalue weighted by molar-refractivity contribution is 5.10. The fourth-order valence-electron chi connectivity index (χ4n) is 2.01. The maximum Gasteiger partial charge on any atom is 0.0544 e. The van der Waals surface area contributed by atoms with Crippen LogP contribution >= 0.6 is 0 Å². The van der Waals surface area contributed by atoms with E-state index in [0.717, 1.165) is 49.0 Å². The van der Waals surface area contributed by atoms with Crippen LogP contribution in [0.25, 0.3) is 0 Å². The SMILES string of the molecule is Cc1cccc(CNCCNCc2cccc(C)n2)n1. The van der Waals surface area contributed by atoms with Gasteiger partial charge in [0.15, 0.2) is 0 Å². The highest BCUT2D eigenvalue weighted by Crippen LogP contribution is 1.98. The summed E-state index contributed by atoms with van der Waals surface area (Å²) in [5.41, 5.74) is 4.30. The Morgan fingerprint density at radius 2 is 1.20 bits per heavy atom. The number of hydrogen-bond donors (Lipinski definition) is 2. The van der Waals surface area contributed by atoms with Crippen molar-refractivity contribution in [2.24, 2.45) is 0 Å². The first-order chi connectivity index (χ1) is 9.74. The van der Waals surface area contributed by atoms with Gasteiger partial charge in [-0.2, -0.15) is 0 Å². The van der Waals surface area contributed by atoms with Crippen LogP contribution < -0.4 is 10.6 Å². The molecule has 0 spiro atoms. The zero-order valence-electron chi connectivity index (χ0n) is 12.2. The Morgan fingerprint density at radius 3 is 1.60 bits per heavy atom. The van der Waals surface area contributed by atoms with Gasteiger partial charge in [-0.25, -0.2) is 0 Å². The van der Waals surface area contributed by atoms with Crippen molar-refractivity contribution in [3.8, 4) is 0 Å². The average Bonchev–Trinajstić information content (AvgIpc) is 2.43. The van der Waals surface area contributed by atoms with Gasteiger partial charge in [0.2, 0.25) is 0 Å². The van der Waals surface area contributed by atoms with Crippen molar-refractivity contribution in [2.45, 2.75) is 26.9 Å². The number of aryl methyl sites for hydroxylation is 2. The van der Waals surface area contributed by atoms with Crippen molar-refractivity contribution in [2.75, 3.05) is 13.1 Å². The predicted octanol–water partition coefficient (Wildman–Crippen LogP) is 1.97. The predicted molar refractivity (Wildman–Crippen MR) is 81.4 cm³/mol. The molecule has 0 amide bonds. The van der Waals surface area contributed by atoms with Crippen molar-refractivity contribution in [1.29, 1.82) is 0 Å². The van der Waals surface area contributed by atoms with Crippen molar-refractivity contribution < 1.29 is 0 Å². The first-order valence-electron chi connectivity index (χ1n) is 7.00. The number of hydrogen-bond acceptors (Lipinski definition) is 4. The summed E-state index contributed by atoms with van der Waals surface area (Å²) in [6, 6.07) is 12.2. The molecule has 0 aliphatic rings. The highest BCUT2D eigenvalue weighted by atomic mass is 15.0. The molecule has 106 valence electrons. The fourth-order valence-corrected chi connectivity index (χ4v) is 2.01. The van der Waals surface area contributed by atoms with Crippen molar-refractivity contribution in [3.63, 3.8) is 0 Å². The molecular formula is C16H22N4. The molecule has 0 fully saturated rings. The van der Waals surface area contributed by atoms with Crippen molar-refractivity contribution in [3.05, 3.63) is 59.2 Å². The number of pyridine rings is 2. The third-order valence-corrected chi connectivity index (χ3v) is 2.98. The second kappa shape index (κ2) is 7.72. The number of rotatable bonds is 7. The molecular weight excluding hydrogens is 248 g/mol. The Bertz CT molecular complexity index is 490. The quantitative estimate of drug-likeness (QED) is 0.755. The van der Waals surface area contributed by atoms with E-state index < -0.39 is 0 Å². The lowest BCUT2D eigenvalue weighted by Crippen LogP contribution is -2.27. The van der Waals surface area contributed by atoms with Crippen LogP contribution in [0.1, 0.15) is 22.8 Å². The molecule has 0 atom stereocenters. The van der Waals surface area contributed by atoms with Gasteiger partial charge in [0, 0.05) is 37.6 Å². The maximum atomic E-state index is 4.46. The van der Waals surface area contributed by atoms with Crippen LogP contribution in [0, 0.1) is 13.8 Å². The van der Waals surface area contributed by atoms with E-state index in [1.807, 2.05) is 50.2 Å². The highest BCUT2D eigenvalue weighted by Gasteiger charge is 1.96. The number of aromatic nitrogens is 2. The lowest BCUT2D eigenvalue weighted by atomic mass is 10.3. The van der Waals surface area contributed by atoms with Gasteiger partial charge in [-0.15, -0.1) is 0 Å². The first kappa shape index (κ1) is 14.6. The molecule has 0 aliphatic carbocycles. The topological polar surface area (TPSA) is 49.8 Å². The second-order valence-corrected chi connectivity index (χ2v) is 4.89. The number of nitrogens with one attached hydrogen (secondary N) is 2. The molecule has 20 heavy (non-hydrogen) atoms. The van der Waals surface area contributed by atoms with Gasteiger partial charge in [0.05, 0.1) is 11.4 Å². The summed E-state index contributed by atoms with van der Waals surface area (Å²) in [7, 11) is 0. The minimum atomic E-state index is 0.812. The third kappa shape index (κ3) is 5.07. The van der Waals surface area contributed by atoms with E-state index in [0.29, 0.717) is 0 Å². The molecule has 0 aromatic carbocycles. The van der Waals surface area contributed by atoms with Crippen LogP contribution in [0.5, 0.6) is 0 Å². The molecule has 0 saturated carbocycles. The van der Waals surface area contributed by atoms with Crippen molar-refractivity contribution >= 4 is 0 Å². The van der Waals surface area contributed by atoms with Crippen LogP contribution in [0.4, 0.5) is 0 Å². The van der Waals surface area contributed by atoms with E-state index in [2.05, 4.69) is 20.6 Å². The smallest absolute Gasteiger partial charge is 0.0544 e. The summed E-state index contributed by atoms with van der Waals surface area (Å²) >= 11 is 0. The van der Waals surface area contributed by atoms with Crippen LogP contribution in [0.2, 0.25) is 0 Å². The lowest BCUT2D eigenvalue weighted by molar-refractivity contribution is 0.600. The monoisotopic (exact) mass is 270 g/mol. The third-order valence-electron chi connectivity index (χ3n) is 2.98. The van der Waals surface area contributed by atoms with E-state index in [-0.39, 0.29) is 0 Å². The van der Waals surface area contributed by atoms with Crippen molar-refractivity contribution in [1.82, 2.24) is 20.6 Å². The minimum Gasteiger partial charge on any atom is -0.310 e. The van der Waals surface area contributed by atoms with Crippen LogP contribution in [-0.4, -0.2) is 23.1 Å². The van der Waals surface area contributed by atoms with Gasteiger partial charge in [-0.3, -0.25) is 9.97 Å². The molecule has 0 saturated heterocycles. The van der Waals surface area contributed by atoms with Gasteiger partial charge in [0.1, 0.15) is 0 Å². The molecule has 4 nitrogen and oxygen atoms in total. The maximum absolute atomic E-state index is 4.46. The first-order valence-corrected chi connectivity index (χ1v) is 7.00. The Morgan fingerprint density at radius 1 is 0.750 bits per heavy atom. The van der Waals surface area contributed by atoms with Gasteiger partial charge >= 0.3 is 0 Å². The van der Waals surface area contributed by atoms with E-state index >= 15 is 0 Å². The summed E-state index contributed by atoms with van der Waals surface area (Å²) < 4.78 is 0. The van der Waals surface area contributed by atoms with E-state index in [4.69, 9.17) is 0 Å². The summed E-state index contributed by atoms with van der Waals surface area (Å²) in [5.74, 6) is 0. The standard InChI is InChI=1S/C16H22N4/c1-13-5-3-7-15(19-13)11-17-9-10-18-12-16-8-4-6-14(2)20-16/h3-8,17-18H,9-12H2,1-2H3. The average molecular weight is 270 g/mol. The minimum absolute atomic E-state index is 0.812. The van der Waals surface area contributed by atoms with Gasteiger partial charge in [-0.05, 0) is 38.1 Å². The Kier molecular flexibility index (Phi) is 5.65. The van der Waals surface area contributed by atoms with Crippen LogP contribution in [-0.2, 0) is 13.1 Å². The molecule has 2 N–H and O–H groups in total. The molecule has 0 radical (unpaired) electrons. The normalized spacial score (nSPS) is 10.7. The molecule has 2 rings (SSSR count). The fraction of sp³-hybridized carbons (Fsp3) is 0.375. The summed E-state index contributed by atoms with van der Waals surface area (Å²) in [6.45, 7) is 7.49. The Balaban J connectivity index is 1.60. The van der Waals surface area contributed by atoms with E-state index in [1.54, 1.807) is 0 Å². The van der Waals surface area contributed by atoms with Gasteiger partial charge < -0.3 is 10.6 Å². The molecule has 2 aromatic heterocycles. The van der Waals surface area contributed by atoms with E-state index in [1.165, 1.54) is 0 Å². The zero-order chi connectivity index (χ0) is 14.2. The molecule has 0 aliphatic heterocycles. The zero-order valence-corrected chi connectivity index (χ0v) is 12.2. The Hall–Kier alpha value is -1.78. The molecule has 2 aromatic rings. The summed E-state index contributed by atoms with van der Waals surface area (Å²) in [4.78, 5) is 8.91. The lowest BCUT2D eigenvalue weighted by Gasteiger charge is -2.07. The number of nitrogens with zero attached hydrogens (tertiary/aromatic N) is 2. The molecule has 4 heteroatoms. The van der Waals surface area contributed by atoms with Gasteiger partial charge in [0.25, 0.3) is 0 Å². The molecule has 0 unspecified atom stereocenters. The van der Waals surface area contributed by atoms with Crippen LogP contribution in [0.15, 0.2) is 36.4 Å². The molecule has 2 heterocycles. The Labute approximate surface area is 120 Å². The van der Waals surface area contributed by atoms with E-state index in [9.17, 15) is 0 Å². The molecule has 0 bridgehead atoms.